The topological polar surface area (TPSA) is 72.5 Å². The molecule has 0 aliphatic rings. The molecule has 13 heavy (non-hydrogen) atoms. The van der Waals surface area contributed by atoms with Crippen LogP contribution in [0.1, 0.15) is 5.82 Å². The molecule has 0 saturated heterocycles. The van der Waals surface area contributed by atoms with E-state index in [4.69, 9.17) is 5.73 Å². The van der Waals surface area contributed by atoms with Gasteiger partial charge >= 0.3 is 0 Å². The van der Waals surface area contributed by atoms with Gasteiger partial charge in [0, 0.05) is 19.3 Å². The zero-order valence-electron chi connectivity index (χ0n) is 7.57. The Bertz CT molecular complexity index is 406. The number of nitrogens with one attached hydrogen (secondary N) is 1. The molecule has 2 heterocycles. The summed E-state index contributed by atoms with van der Waals surface area (Å²) in [4.78, 5) is 4.33. The van der Waals surface area contributed by atoms with Gasteiger partial charge in [-0.25, -0.2) is 4.98 Å². The third-order valence-electron chi connectivity index (χ3n) is 1.98. The normalized spacial score (nSPS) is 10.6. The first-order valence-corrected chi connectivity index (χ1v) is 3.98. The van der Waals surface area contributed by atoms with Crippen molar-refractivity contribution in [3.05, 3.63) is 18.1 Å². The van der Waals surface area contributed by atoms with Crippen LogP contribution in [0.4, 0.5) is 5.82 Å². The van der Waals surface area contributed by atoms with Gasteiger partial charge in [-0.3, -0.25) is 5.10 Å². The molecule has 0 radical (unpaired) electrons. The van der Waals surface area contributed by atoms with E-state index in [0.717, 1.165) is 17.2 Å². The SMILES string of the molecule is Cc1nc(-c2cc(N)n[nH]2)cn1C. The average Bonchev–Trinajstić information content (AvgIpc) is 2.61. The molecule has 0 aliphatic heterocycles. The fraction of sp³-hybridized carbons (Fsp3) is 0.250. The maximum atomic E-state index is 5.48. The minimum atomic E-state index is 0.485. The number of hydrogen-bond acceptors (Lipinski definition) is 3. The first-order chi connectivity index (χ1) is 6.16. The molecular weight excluding hydrogens is 166 g/mol. The highest BCUT2D eigenvalue weighted by Crippen LogP contribution is 2.16. The van der Waals surface area contributed by atoms with Crippen LogP contribution in [-0.2, 0) is 7.05 Å². The minimum absolute atomic E-state index is 0.485. The summed E-state index contributed by atoms with van der Waals surface area (Å²) in [7, 11) is 1.95. The fourth-order valence-corrected chi connectivity index (χ4v) is 1.16. The highest BCUT2D eigenvalue weighted by molar-refractivity contribution is 5.57. The largest absolute Gasteiger partial charge is 0.382 e. The summed E-state index contributed by atoms with van der Waals surface area (Å²) in [6.07, 6.45) is 1.93. The molecule has 2 aromatic heterocycles. The van der Waals surface area contributed by atoms with Crippen molar-refractivity contribution in [2.24, 2.45) is 7.05 Å². The predicted molar refractivity (Wildman–Crippen MR) is 49.9 cm³/mol. The molecule has 0 bridgehead atoms. The second kappa shape index (κ2) is 2.62. The van der Waals surface area contributed by atoms with E-state index in [1.807, 2.05) is 24.7 Å². The average molecular weight is 177 g/mol. The number of nitrogen functional groups attached to an aromatic ring is 1. The van der Waals surface area contributed by atoms with Crippen molar-refractivity contribution >= 4 is 5.82 Å². The zero-order chi connectivity index (χ0) is 9.42. The van der Waals surface area contributed by atoms with Gasteiger partial charge in [0.2, 0.25) is 0 Å². The van der Waals surface area contributed by atoms with Crippen LogP contribution < -0.4 is 5.73 Å². The smallest absolute Gasteiger partial charge is 0.145 e. The Hall–Kier alpha value is -1.78. The summed E-state index contributed by atoms with van der Waals surface area (Å²) in [6, 6.07) is 1.77. The van der Waals surface area contributed by atoms with Crippen molar-refractivity contribution in [3.8, 4) is 11.4 Å². The van der Waals surface area contributed by atoms with Gasteiger partial charge in [0.1, 0.15) is 17.3 Å². The number of H-pyrrole nitrogens is 1. The van der Waals surface area contributed by atoms with Crippen molar-refractivity contribution < 1.29 is 0 Å². The van der Waals surface area contributed by atoms with Gasteiger partial charge in [-0.2, -0.15) is 5.10 Å². The number of rotatable bonds is 1. The maximum absolute atomic E-state index is 5.48. The van der Waals surface area contributed by atoms with E-state index in [0.29, 0.717) is 5.82 Å². The first kappa shape index (κ1) is 7.85. The molecule has 0 aliphatic carbocycles. The monoisotopic (exact) mass is 177 g/mol. The molecule has 0 atom stereocenters. The summed E-state index contributed by atoms with van der Waals surface area (Å²) in [5, 5.41) is 6.65. The van der Waals surface area contributed by atoms with E-state index in [-0.39, 0.29) is 0 Å². The van der Waals surface area contributed by atoms with E-state index in [1.54, 1.807) is 6.07 Å². The number of nitrogens with zero attached hydrogens (tertiary/aromatic N) is 3. The van der Waals surface area contributed by atoms with Gasteiger partial charge in [0.05, 0.1) is 5.69 Å². The summed E-state index contributed by atoms with van der Waals surface area (Å²) in [5.74, 6) is 1.45. The van der Waals surface area contributed by atoms with Crippen LogP contribution in [0, 0.1) is 6.92 Å². The molecule has 2 aromatic rings. The van der Waals surface area contributed by atoms with Gasteiger partial charge in [-0.1, -0.05) is 0 Å². The van der Waals surface area contributed by atoms with E-state index in [1.165, 1.54) is 0 Å². The summed E-state index contributed by atoms with van der Waals surface area (Å²) >= 11 is 0. The van der Waals surface area contributed by atoms with Gasteiger partial charge < -0.3 is 10.3 Å². The highest BCUT2D eigenvalue weighted by Gasteiger charge is 2.05. The van der Waals surface area contributed by atoms with E-state index in [9.17, 15) is 0 Å². The molecule has 0 spiro atoms. The van der Waals surface area contributed by atoms with E-state index < -0.39 is 0 Å². The van der Waals surface area contributed by atoms with E-state index in [2.05, 4.69) is 15.2 Å². The molecule has 2 rings (SSSR count). The number of nitrogens with two attached hydrogens (primary N) is 1. The van der Waals surface area contributed by atoms with Crippen LogP contribution in [0.25, 0.3) is 11.4 Å². The van der Waals surface area contributed by atoms with Crippen molar-refractivity contribution in [2.75, 3.05) is 5.73 Å². The van der Waals surface area contributed by atoms with Crippen molar-refractivity contribution in [3.63, 3.8) is 0 Å². The molecule has 5 heteroatoms. The van der Waals surface area contributed by atoms with Gasteiger partial charge in [-0.15, -0.1) is 0 Å². The Balaban J connectivity index is 2.46. The Kier molecular flexibility index (Phi) is 1.58. The quantitative estimate of drug-likeness (QED) is 0.673. The lowest BCUT2D eigenvalue weighted by atomic mass is 10.3. The predicted octanol–water partition coefficient (Wildman–Crippen LogP) is 0.701. The Morgan fingerprint density at radius 3 is 2.77 bits per heavy atom. The van der Waals surface area contributed by atoms with Crippen LogP contribution in [0.3, 0.4) is 0 Å². The summed E-state index contributed by atoms with van der Waals surface area (Å²) in [5.41, 5.74) is 7.20. The summed E-state index contributed by atoms with van der Waals surface area (Å²) < 4.78 is 1.95. The van der Waals surface area contributed by atoms with Crippen LogP contribution in [0.15, 0.2) is 12.3 Å². The van der Waals surface area contributed by atoms with Crippen LogP contribution in [-0.4, -0.2) is 19.7 Å². The lowest BCUT2D eigenvalue weighted by Crippen LogP contribution is -1.86. The molecule has 0 aromatic carbocycles. The summed E-state index contributed by atoms with van der Waals surface area (Å²) in [6.45, 7) is 1.95. The molecule has 3 N–H and O–H groups in total. The Morgan fingerprint density at radius 2 is 2.31 bits per heavy atom. The lowest BCUT2D eigenvalue weighted by Gasteiger charge is -1.87. The second-order valence-electron chi connectivity index (χ2n) is 2.99. The lowest BCUT2D eigenvalue weighted by molar-refractivity contribution is 0.858. The third kappa shape index (κ3) is 1.28. The molecule has 0 amide bonds. The Morgan fingerprint density at radius 1 is 1.54 bits per heavy atom. The van der Waals surface area contributed by atoms with Crippen LogP contribution in [0.5, 0.6) is 0 Å². The molecule has 0 unspecified atom stereocenters. The third-order valence-corrected chi connectivity index (χ3v) is 1.98. The van der Waals surface area contributed by atoms with Gasteiger partial charge in [-0.05, 0) is 6.92 Å². The zero-order valence-corrected chi connectivity index (χ0v) is 7.57. The first-order valence-electron chi connectivity index (χ1n) is 3.98. The van der Waals surface area contributed by atoms with Crippen LogP contribution >= 0.6 is 0 Å². The van der Waals surface area contributed by atoms with Crippen molar-refractivity contribution in [1.29, 1.82) is 0 Å². The van der Waals surface area contributed by atoms with Crippen molar-refractivity contribution in [2.45, 2.75) is 6.92 Å². The second-order valence-corrected chi connectivity index (χ2v) is 2.99. The minimum Gasteiger partial charge on any atom is -0.382 e. The maximum Gasteiger partial charge on any atom is 0.145 e. The van der Waals surface area contributed by atoms with Gasteiger partial charge in [0.25, 0.3) is 0 Å². The Labute approximate surface area is 75.6 Å². The number of aromatic amines is 1. The van der Waals surface area contributed by atoms with Crippen molar-refractivity contribution in [1.82, 2.24) is 19.7 Å². The molecule has 0 fully saturated rings. The highest BCUT2D eigenvalue weighted by atomic mass is 15.2. The molecule has 68 valence electrons. The van der Waals surface area contributed by atoms with Gasteiger partial charge in [0.15, 0.2) is 0 Å². The number of aromatic nitrogens is 4. The number of anilines is 1. The molecule has 5 nitrogen and oxygen atoms in total. The van der Waals surface area contributed by atoms with E-state index >= 15 is 0 Å². The molecular formula is C8H11N5. The number of aryl methyl sites for hydroxylation is 2. The van der Waals surface area contributed by atoms with Crippen LogP contribution in [0.2, 0.25) is 0 Å². The number of hydrogen-bond donors (Lipinski definition) is 2. The number of imidazole rings is 1. The fourth-order valence-electron chi connectivity index (χ4n) is 1.16. The standard InChI is InChI=1S/C8H11N5/c1-5-10-7(4-13(5)2)6-3-8(9)12-11-6/h3-4H,1-2H3,(H3,9,11,12). The molecule has 0 saturated carbocycles.